The molecule has 0 saturated heterocycles. The predicted molar refractivity (Wildman–Crippen MR) is 155 cm³/mol. The molecule has 0 fully saturated rings. The first kappa shape index (κ1) is 27.5. The van der Waals surface area contributed by atoms with Crippen LogP contribution in [0.5, 0.6) is 5.75 Å². The summed E-state index contributed by atoms with van der Waals surface area (Å²) in [5.41, 5.74) is 4.05. The molecule has 9 heteroatoms. The van der Waals surface area contributed by atoms with Crippen LogP contribution in [-0.4, -0.2) is 72.5 Å². The second-order valence-corrected chi connectivity index (χ2v) is 9.61. The predicted octanol–water partition coefficient (Wildman–Crippen LogP) is 3.92. The summed E-state index contributed by atoms with van der Waals surface area (Å²) in [5, 5.41) is 3.90. The molecule has 0 radical (unpaired) electrons. The maximum Gasteiger partial charge on any atom is 0.247 e. The number of nitrogens with one attached hydrogen (secondary N) is 1. The van der Waals surface area contributed by atoms with E-state index in [0.717, 1.165) is 35.2 Å². The summed E-state index contributed by atoms with van der Waals surface area (Å²) in [6, 6.07) is 15.1. The van der Waals surface area contributed by atoms with Crippen molar-refractivity contribution in [3.05, 3.63) is 90.2 Å². The molecule has 0 aliphatic heterocycles. The average molecular weight is 527 g/mol. The Kier molecular flexibility index (Phi) is 8.41. The minimum absolute atomic E-state index is 0.180. The first-order valence-electron chi connectivity index (χ1n) is 12.6. The summed E-state index contributed by atoms with van der Waals surface area (Å²) >= 11 is 0. The standard InChI is InChI=1S/C30H34N6O3/c1-7-29(37)33-23-16-21(27(39-6)19-25(23)35(4)15-14-34(2)3)18-28-31-13-12-22(32-28)30(38)26-17-20-10-8-9-11-24(20)36(26)5/h7-13,16-17,19H,1,14-15,18H2,2-6H3,(H,33,37). The van der Waals surface area contributed by atoms with Gasteiger partial charge in [-0.2, -0.15) is 0 Å². The molecule has 0 aliphatic rings. The number of para-hydroxylation sites is 1. The van der Waals surface area contributed by atoms with E-state index in [9.17, 15) is 9.59 Å². The molecule has 0 bridgehead atoms. The third kappa shape index (κ3) is 6.15. The van der Waals surface area contributed by atoms with Gasteiger partial charge in [0.05, 0.1) is 24.2 Å². The van der Waals surface area contributed by atoms with E-state index in [1.807, 2.05) is 75.2 Å². The lowest BCUT2D eigenvalue weighted by Gasteiger charge is -2.25. The quantitative estimate of drug-likeness (QED) is 0.234. The van der Waals surface area contributed by atoms with Crippen LogP contribution < -0.4 is 15.0 Å². The molecule has 0 spiro atoms. The van der Waals surface area contributed by atoms with E-state index >= 15 is 0 Å². The zero-order chi connectivity index (χ0) is 28.1. The Morgan fingerprint density at radius 2 is 1.87 bits per heavy atom. The van der Waals surface area contributed by atoms with Crippen molar-refractivity contribution in [1.82, 2.24) is 19.4 Å². The number of carbonyl (C=O) groups excluding carboxylic acids is 2. The van der Waals surface area contributed by atoms with Crippen LogP contribution in [0.3, 0.4) is 0 Å². The number of methoxy groups -OCH3 is 1. The molecular formula is C30H34N6O3. The topological polar surface area (TPSA) is 92.6 Å². The normalized spacial score (nSPS) is 11.0. The number of hydrogen-bond acceptors (Lipinski definition) is 7. The Balaban J connectivity index is 1.67. The van der Waals surface area contributed by atoms with Gasteiger partial charge in [0.25, 0.3) is 0 Å². The summed E-state index contributed by atoms with van der Waals surface area (Å²) in [4.78, 5) is 38.8. The summed E-state index contributed by atoms with van der Waals surface area (Å²) < 4.78 is 7.60. The number of aryl methyl sites for hydroxylation is 1. The Bertz CT molecular complexity index is 1520. The van der Waals surface area contributed by atoms with Crippen molar-refractivity contribution in [3.63, 3.8) is 0 Å². The van der Waals surface area contributed by atoms with Gasteiger partial charge in [0.2, 0.25) is 11.7 Å². The van der Waals surface area contributed by atoms with Gasteiger partial charge in [-0.25, -0.2) is 9.97 Å². The third-order valence-corrected chi connectivity index (χ3v) is 6.61. The highest BCUT2D eigenvalue weighted by Gasteiger charge is 2.19. The van der Waals surface area contributed by atoms with Crippen LogP contribution >= 0.6 is 0 Å². The molecule has 0 saturated carbocycles. The monoisotopic (exact) mass is 526 g/mol. The van der Waals surface area contributed by atoms with E-state index in [1.54, 1.807) is 19.4 Å². The number of amides is 1. The number of ketones is 1. The lowest BCUT2D eigenvalue weighted by molar-refractivity contribution is -0.111. The van der Waals surface area contributed by atoms with Crippen LogP contribution in [0.4, 0.5) is 11.4 Å². The maximum atomic E-state index is 13.4. The molecule has 202 valence electrons. The van der Waals surface area contributed by atoms with Crippen molar-refractivity contribution in [2.45, 2.75) is 6.42 Å². The first-order valence-corrected chi connectivity index (χ1v) is 12.6. The van der Waals surface area contributed by atoms with Crippen LogP contribution in [0.15, 0.2) is 67.4 Å². The van der Waals surface area contributed by atoms with E-state index < -0.39 is 0 Å². The fourth-order valence-corrected chi connectivity index (χ4v) is 4.43. The smallest absolute Gasteiger partial charge is 0.247 e. The average Bonchev–Trinajstić information content (AvgIpc) is 3.27. The van der Waals surface area contributed by atoms with Crippen LogP contribution in [-0.2, 0) is 18.3 Å². The highest BCUT2D eigenvalue weighted by molar-refractivity contribution is 6.09. The van der Waals surface area contributed by atoms with Gasteiger partial charge in [-0.3, -0.25) is 9.59 Å². The highest BCUT2D eigenvalue weighted by atomic mass is 16.5. The van der Waals surface area contributed by atoms with Crippen molar-refractivity contribution in [1.29, 1.82) is 0 Å². The molecule has 0 unspecified atom stereocenters. The summed E-state index contributed by atoms with van der Waals surface area (Å²) in [6.07, 6.45) is 3.13. The van der Waals surface area contributed by atoms with Gasteiger partial charge in [0.15, 0.2) is 0 Å². The summed E-state index contributed by atoms with van der Waals surface area (Å²) in [7, 11) is 9.46. The van der Waals surface area contributed by atoms with E-state index in [4.69, 9.17) is 4.74 Å². The van der Waals surface area contributed by atoms with Gasteiger partial charge in [0.1, 0.15) is 17.3 Å². The number of fused-ring (bicyclic) bond motifs is 1. The number of rotatable bonds is 11. The fraction of sp³-hybridized carbons (Fsp3) is 0.267. The Morgan fingerprint density at radius 1 is 1.10 bits per heavy atom. The van der Waals surface area contributed by atoms with E-state index in [-0.39, 0.29) is 11.7 Å². The molecule has 1 amide bonds. The molecule has 2 aromatic heterocycles. The van der Waals surface area contributed by atoms with E-state index in [0.29, 0.717) is 35.1 Å². The molecule has 4 rings (SSSR count). The number of likely N-dealkylation sites (N-methyl/N-ethyl adjacent to an activating group) is 2. The zero-order valence-electron chi connectivity index (χ0n) is 23.1. The number of benzene rings is 2. The molecule has 39 heavy (non-hydrogen) atoms. The summed E-state index contributed by atoms with van der Waals surface area (Å²) in [6.45, 7) is 5.15. The molecular weight excluding hydrogens is 492 g/mol. The second-order valence-electron chi connectivity index (χ2n) is 9.61. The van der Waals surface area contributed by atoms with E-state index in [1.165, 1.54) is 6.08 Å². The van der Waals surface area contributed by atoms with Gasteiger partial charge >= 0.3 is 0 Å². The third-order valence-electron chi connectivity index (χ3n) is 6.61. The molecule has 0 aliphatic carbocycles. The zero-order valence-corrected chi connectivity index (χ0v) is 23.1. The lowest BCUT2D eigenvalue weighted by Crippen LogP contribution is -2.29. The van der Waals surface area contributed by atoms with Crippen molar-refractivity contribution >= 4 is 34.0 Å². The van der Waals surface area contributed by atoms with Crippen molar-refractivity contribution in [3.8, 4) is 5.75 Å². The number of nitrogens with zero attached hydrogens (tertiary/aromatic N) is 5. The van der Waals surface area contributed by atoms with Gasteiger partial charge < -0.3 is 24.4 Å². The second kappa shape index (κ2) is 11.9. The van der Waals surface area contributed by atoms with Gasteiger partial charge in [-0.05, 0) is 44.4 Å². The Morgan fingerprint density at radius 3 is 2.56 bits per heavy atom. The van der Waals surface area contributed by atoms with Crippen molar-refractivity contribution < 1.29 is 14.3 Å². The van der Waals surface area contributed by atoms with Crippen molar-refractivity contribution in [2.75, 3.05) is 51.6 Å². The number of carbonyl (C=O) groups is 2. The lowest BCUT2D eigenvalue weighted by atomic mass is 10.1. The molecule has 4 aromatic rings. The maximum absolute atomic E-state index is 13.4. The number of anilines is 2. The SMILES string of the molecule is C=CC(=O)Nc1cc(Cc2nccc(C(=O)c3cc4ccccc4n3C)n2)c(OC)cc1N(C)CCN(C)C. The number of aromatic nitrogens is 3. The molecule has 9 nitrogen and oxygen atoms in total. The van der Waals surface area contributed by atoms with E-state index in [2.05, 4.69) is 31.7 Å². The summed E-state index contributed by atoms with van der Waals surface area (Å²) in [5.74, 6) is 0.605. The minimum Gasteiger partial charge on any atom is -0.496 e. The molecule has 0 atom stereocenters. The molecule has 1 N–H and O–H groups in total. The Labute approximate surface area is 228 Å². The largest absolute Gasteiger partial charge is 0.496 e. The van der Waals surface area contributed by atoms with Crippen LogP contribution in [0, 0.1) is 0 Å². The van der Waals surface area contributed by atoms with Crippen LogP contribution in [0.2, 0.25) is 0 Å². The molecule has 2 heterocycles. The van der Waals surface area contributed by atoms with Crippen LogP contribution in [0.25, 0.3) is 10.9 Å². The molecule has 2 aromatic carbocycles. The van der Waals surface area contributed by atoms with Gasteiger partial charge in [-0.15, -0.1) is 0 Å². The van der Waals surface area contributed by atoms with Gasteiger partial charge in [-0.1, -0.05) is 24.8 Å². The number of hydrogen-bond donors (Lipinski definition) is 1. The minimum atomic E-state index is -0.313. The fourth-order valence-electron chi connectivity index (χ4n) is 4.43. The Hall–Kier alpha value is -4.50. The van der Waals surface area contributed by atoms with Crippen molar-refractivity contribution in [2.24, 2.45) is 7.05 Å². The number of ether oxygens (including phenoxy) is 1. The highest BCUT2D eigenvalue weighted by Crippen LogP contribution is 2.34. The first-order chi connectivity index (χ1) is 18.7. The van der Waals surface area contributed by atoms with Gasteiger partial charge in [0, 0.05) is 62.3 Å². The van der Waals surface area contributed by atoms with Crippen LogP contribution in [0.1, 0.15) is 27.6 Å².